The smallest absolute Gasteiger partial charge is 0.268 e. The van der Waals surface area contributed by atoms with E-state index in [1.165, 1.54) is 24.3 Å². The fourth-order valence-corrected chi connectivity index (χ4v) is 1.79. The molecular weight excluding hydrogens is 266 g/mol. The van der Waals surface area contributed by atoms with Gasteiger partial charge in [0.2, 0.25) is 5.56 Å². The van der Waals surface area contributed by atoms with Gasteiger partial charge in [0, 0.05) is 17.7 Å². The van der Waals surface area contributed by atoms with Gasteiger partial charge >= 0.3 is 0 Å². The van der Waals surface area contributed by atoms with E-state index in [-0.39, 0.29) is 11.3 Å². The average Bonchev–Trinajstić information content (AvgIpc) is 2.38. The normalized spacial score (nSPS) is 11.9. The highest BCUT2D eigenvalue weighted by Gasteiger charge is 2.15. The molecule has 1 aromatic carbocycles. The lowest BCUT2D eigenvalue weighted by Gasteiger charge is -2.15. The summed E-state index contributed by atoms with van der Waals surface area (Å²) in [6.07, 6.45) is 0. The van der Waals surface area contributed by atoms with Gasteiger partial charge < -0.3 is 10.3 Å². The van der Waals surface area contributed by atoms with E-state index in [0.29, 0.717) is 0 Å². The second-order valence-electron chi connectivity index (χ2n) is 4.29. The zero-order chi connectivity index (χ0) is 14.7. The van der Waals surface area contributed by atoms with Crippen molar-refractivity contribution in [3.63, 3.8) is 0 Å². The monoisotopic (exact) mass is 278 g/mol. The summed E-state index contributed by atoms with van der Waals surface area (Å²) >= 11 is 0. The molecule has 1 heterocycles. The molecule has 0 saturated heterocycles. The van der Waals surface area contributed by atoms with E-state index < -0.39 is 29.1 Å². The van der Waals surface area contributed by atoms with Crippen molar-refractivity contribution in [2.75, 3.05) is 0 Å². The number of carbonyl (C=O) groups is 1. The zero-order valence-electron chi connectivity index (χ0n) is 10.6. The number of hydrogen-bond acceptors (Lipinski definition) is 2. The summed E-state index contributed by atoms with van der Waals surface area (Å²) in [5.74, 6) is -1.96. The number of hydrogen-bond donors (Lipinski definition) is 2. The van der Waals surface area contributed by atoms with Gasteiger partial charge in [0.15, 0.2) is 0 Å². The highest BCUT2D eigenvalue weighted by molar-refractivity contribution is 5.92. The van der Waals surface area contributed by atoms with E-state index in [1.54, 1.807) is 6.92 Å². The largest absolute Gasteiger partial charge is 0.344 e. The first-order valence-corrected chi connectivity index (χ1v) is 5.92. The maximum atomic E-state index is 13.6. The molecular formula is C14H12F2N2O2. The van der Waals surface area contributed by atoms with Crippen LogP contribution in [0.1, 0.15) is 29.0 Å². The molecule has 4 nitrogen and oxygen atoms in total. The van der Waals surface area contributed by atoms with Gasteiger partial charge in [0.1, 0.15) is 17.3 Å². The van der Waals surface area contributed by atoms with Crippen LogP contribution in [0.4, 0.5) is 8.78 Å². The summed E-state index contributed by atoms with van der Waals surface area (Å²) in [7, 11) is 0. The van der Waals surface area contributed by atoms with Gasteiger partial charge in [-0.3, -0.25) is 9.59 Å². The molecule has 1 unspecified atom stereocenters. The van der Waals surface area contributed by atoms with Gasteiger partial charge in [-0.1, -0.05) is 12.1 Å². The molecule has 0 aliphatic rings. The summed E-state index contributed by atoms with van der Waals surface area (Å²) in [4.78, 5) is 25.4. The van der Waals surface area contributed by atoms with Crippen LogP contribution in [0.2, 0.25) is 0 Å². The van der Waals surface area contributed by atoms with Gasteiger partial charge in [0.05, 0.1) is 6.04 Å². The number of carbonyl (C=O) groups excluding carboxylic acids is 1. The van der Waals surface area contributed by atoms with Crippen LogP contribution in [0.3, 0.4) is 0 Å². The maximum absolute atomic E-state index is 13.6. The van der Waals surface area contributed by atoms with Crippen molar-refractivity contribution < 1.29 is 13.6 Å². The highest BCUT2D eigenvalue weighted by atomic mass is 19.1. The molecule has 0 bridgehead atoms. The summed E-state index contributed by atoms with van der Waals surface area (Å²) < 4.78 is 26.4. The lowest BCUT2D eigenvalue weighted by atomic mass is 10.1. The van der Waals surface area contributed by atoms with Crippen LogP contribution < -0.4 is 10.9 Å². The SMILES string of the molecule is CC(NC(=O)c1cccc(=O)[nH]1)c1ccc(F)cc1F. The summed E-state index contributed by atoms with van der Waals surface area (Å²) in [5, 5.41) is 2.53. The molecule has 0 spiro atoms. The van der Waals surface area contributed by atoms with E-state index in [0.717, 1.165) is 12.1 Å². The Hall–Kier alpha value is -2.50. The summed E-state index contributed by atoms with van der Waals surface area (Å²) in [6.45, 7) is 1.56. The standard InChI is InChI=1S/C14H12F2N2O2/c1-8(10-6-5-9(15)7-11(10)16)17-14(20)12-3-2-4-13(19)18-12/h2-8H,1H3,(H,17,20)(H,18,19). The van der Waals surface area contributed by atoms with Crippen molar-refractivity contribution in [1.29, 1.82) is 0 Å². The molecule has 1 aromatic heterocycles. The van der Waals surface area contributed by atoms with Crippen molar-refractivity contribution >= 4 is 5.91 Å². The van der Waals surface area contributed by atoms with E-state index >= 15 is 0 Å². The Morgan fingerprint density at radius 2 is 2.00 bits per heavy atom. The molecule has 0 saturated carbocycles. The molecule has 6 heteroatoms. The van der Waals surface area contributed by atoms with Crippen molar-refractivity contribution in [3.8, 4) is 0 Å². The molecule has 0 aliphatic heterocycles. The molecule has 0 aliphatic carbocycles. The second-order valence-corrected chi connectivity index (χ2v) is 4.29. The second kappa shape index (κ2) is 5.64. The van der Waals surface area contributed by atoms with Crippen molar-refractivity contribution in [3.05, 3.63) is 69.6 Å². The first kappa shape index (κ1) is 13.9. The number of nitrogens with one attached hydrogen (secondary N) is 2. The van der Waals surface area contributed by atoms with E-state index in [9.17, 15) is 18.4 Å². The number of rotatable bonds is 3. The molecule has 1 atom stereocenters. The third-order valence-corrected chi connectivity index (χ3v) is 2.79. The lowest BCUT2D eigenvalue weighted by Crippen LogP contribution is -2.29. The molecule has 0 radical (unpaired) electrons. The molecule has 2 rings (SSSR count). The van der Waals surface area contributed by atoms with E-state index in [2.05, 4.69) is 10.3 Å². The zero-order valence-corrected chi connectivity index (χ0v) is 10.6. The van der Waals surface area contributed by atoms with Crippen LogP contribution in [0.25, 0.3) is 0 Å². The number of benzene rings is 1. The Bertz CT molecular complexity index is 698. The Kier molecular flexibility index (Phi) is 3.93. The van der Waals surface area contributed by atoms with E-state index in [4.69, 9.17) is 0 Å². The van der Waals surface area contributed by atoms with Gasteiger partial charge in [-0.25, -0.2) is 8.78 Å². The topological polar surface area (TPSA) is 62.0 Å². The van der Waals surface area contributed by atoms with Gasteiger partial charge in [-0.2, -0.15) is 0 Å². The number of pyridine rings is 1. The predicted molar refractivity (Wildman–Crippen MR) is 69.3 cm³/mol. The first-order valence-electron chi connectivity index (χ1n) is 5.92. The fourth-order valence-electron chi connectivity index (χ4n) is 1.79. The quantitative estimate of drug-likeness (QED) is 0.903. The van der Waals surface area contributed by atoms with Crippen LogP contribution in [-0.2, 0) is 0 Å². The van der Waals surface area contributed by atoms with Gasteiger partial charge in [0.25, 0.3) is 5.91 Å². The van der Waals surface area contributed by atoms with Crippen LogP contribution in [0.15, 0.2) is 41.2 Å². The number of aromatic nitrogens is 1. The van der Waals surface area contributed by atoms with Crippen LogP contribution in [0.5, 0.6) is 0 Å². The third-order valence-electron chi connectivity index (χ3n) is 2.79. The summed E-state index contributed by atoms with van der Waals surface area (Å²) in [5.41, 5.74) is -0.164. The van der Waals surface area contributed by atoms with Crippen molar-refractivity contribution in [2.45, 2.75) is 13.0 Å². The number of halogens is 2. The Labute approximate surface area is 113 Å². The minimum absolute atomic E-state index is 0.0758. The number of H-pyrrole nitrogens is 1. The minimum Gasteiger partial charge on any atom is -0.344 e. The molecule has 20 heavy (non-hydrogen) atoms. The Morgan fingerprint density at radius 1 is 1.25 bits per heavy atom. The third kappa shape index (κ3) is 3.09. The van der Waals surface area contributed by atoms with Crippen molar-refractivity contribution in [2.24, 2.45) is 0 Å². The van der Waals surface area contributed by atoms with Crippen molar-refractivity contribution in [1.82, 2.24) is 10.3 Å². The number of amides is 1. The molecule has 104 valence electrons. The predicted octanol–water partition coefficient (Wildman–Crippen LogP) is 2.14. The molecule has 2 aromatic rings. The molecule has 0 fully saturated rings. The summed E-state index contributed by atoms with van der Waals surface area (Å²) in [6, 6.07) is 6.63. The number of aromatic amines is 1. The average molecular weight is 278 g/mol. The molecule has 1 amide bonds. The van der Waals surface area contributed by atoms with Gasteiger partial charge in [-0.15, -0.1) is 0 Å². The Balaban J connectivity index is 2.17. The molecule has 2 N–H and O–H groups in total. The minimum atomic E-state index is -0.737. The van der Waals surface area contributed by atoms with Crippen LogP contribution in [-0.4, -0.2) is 10.9 Å². The first-order chi connectivity index (χ1) is 9.47. The van der Waals surface area contributed by atoms with E-state index in [1.807, 2.05) is 0 Å². The fraction of sp³-hybridized carbons (Fsp3) is 0.143. The Morgan fingerprint density at radius 3 is 2.65 bits per heavy atom. The van der Waals surface area contributed by atoms with Crippen LogP contribution in [0, 0.1) is 11.6 Å². The highest BCUT2D eigenvalue weighted by Crippen LogP contribution is 2.17. The lowest BCUT2D eigenvalue weighted by molar-refractivity contribution is 0.0934. The maximum Gasteiger partial charge on any atom is 0.268 e. The van der Waals surface area contributed by atoms with Crippen LogP contribution >= 0.6 is 0 Å². The van der Waals surface area contributed by atoms with Gasteiger partial charge in [-0.05, 0) is 19.1 Å².